The number of nitrogens with two attached hydrogens (primary N) is 1. The first-order valence-corrected chi connectivity index (χ1v) is 11.3. The Morgan fingerprint density at radius 3 is 2.81 bits per heavy atom. The molecule has 32 heavy (non-hydrogen) atoms. The van der Waals surface area contributed by atoms with Gasteiger partial charge < -0.3 is 20.6 Å². The molecule has 3 saturated heterocycles. The first-order valence-electron chi connectivity index (χ1n) is 11.3. The Labute approximate surface area is 186 Å². The summed E-state index contributed by atoms with van der Waals surface area (Å²) in [6.45, 7) is 1.56. The predicted molar refractivity (Wildman–Crippen MR) is 113 cm³/mol. The van der Waals surface area contributed by atoms with Gasteiger partial charge in [-0.25, -0.2) is 4.79 Å². The highest BCUT2D eigenvalue weighted by atomic mass is 16.4. The smallest absolute Gasteiger partial charge is 0.335 e. The van der Waals surface area contributed by atoms with E-state index in [1.165, 1.54) is 0 Å². The molecule has 3 heterocycles. The summed E-state index contributed by atoms with van der Waals surface area (Å²) in [5.41, 5.74) is 8.55. The minimum Gasteiger partial charge on any atom is -0.478 e. The van der Waals surface area contributed by atoms with Crippen LogP contribution in [0.1, 0.15) is 53.2 Å². The molecule has 168 valence electrons. The van der Waals surface area contributed by atoms with E-state index in [1.54, 1.807) is 17.0 Å². The lowest BCUT2D eigenvalue weighted by Crippen LogP contribution is -2.56. The van der Waals surface area contributed by atoms with Crippen molar-refractivity contribution in [3.8, 4) is 6.07 Å². The number of benzene rings is 1. The van der Waals surface area contributed by atoms with E-state index in [1.807, 2.05) is 15.9 Å². The molecule has 0 spiro atoms. The Bertz CT molecular complexity index is 1020. The summed E-state index contributed by atoms with van der Waals surface area (Å²) in [7, 11) is 0. The Hall–Kier alpha value is -2.96. The van der Waals surface area contributed by atoms with E-state index in [4.69, 9.17) is 5.73 Å². The minimum atomic E-state index is -0.941. The molecule has 3 aliphatic heterocycles. The molecule has 1 aromatic carbocycles. The number of nitrogens with zero attached hydrogens (tertiary/aromatic N) is 4. The van der Waals surface area contributed by atoms with E-state index in [9.17, 15) is 24.8 Å². The summed E-state index contributed by atoms with van der Waals surface area (Å²) in [5.74, 6) is -1.08. The van der Waals surface area contributed by atoms with Crippen LogP contribution >= 0.6 is 0 Å². The van der Waals surface area contributed by atoms with Gasteiger partial charge in [0.1, 0.15) is 6.04 Å². The first-order chi connectivity index (χ1) is 15.4. The quantitative estimate of drug-likeness (QED) is 0.686. The summed E-state index contributed by atoms with van der Waals surface area (Å²) < 4.78 is 0. The number of hydrogen-bond donors (Lipinski definition) is 2. The van der Waals surface area contributed by atoms with Crippen molar-refractivity contribution in [2.45, 2.75) is 62.3 Å². The van der Waals surface area contributed by atoms with Crippen molar-refractivity contribution in [2.75, 3.05) is 19.6 Å². The van der Waals surface area contributed by atoms with Crippen molar-refractivity contribution in [1.29, 1.82) is 5.26 Å². The van der Waals surface area contributed by atoms with Crippen LogP contribution in [-0.2, 0) is 16.0 Å². The Morgan fingerprint density at radius 1 is 1.28 bits per heavy atom. The van der Waals surface area contributed by atoms with Crippen LogP contribution in [0.15, 0.2) is 18.2 Å². The lowest BCUT2D eigenvalue weighted by Gasteiger charge is -2.38. The Morgan fingerprint density at radius 2 is 2.09 bits per heavy atom. The first kappa shape index (κ1) is 20.9. The zero-order valence-corrected chi connectivity index (χ0v) is 17.8. The molecule has 9 heteroatoms. The van der Waals surface area contributed by atoms with Gasteiger partial charge in [0, 0.05) is 25.7 Å². The molecule has 5 rings (SSSR count). The summed E-state index contributed by atoms with van der Waals surface area (Å²) >= 11 is 0. The number of rotatable bonds is 5. The third kappa shape index (κ3) is 3.26. The third-order valence-electron chi connectivity index (χ3n) is 7.52. The zero-order chi connectivity index (χ0) is 22.6. The molecular weight excluding hydrogens is 410 g/mol. The number of carbonyl (C=O) groups excluding carboxylic acids is 2. The summed E-state index contributed by atoms with van der Waals surface area (Å²) in [4.78, 5) is 42.9. The van der Waals surface area contributed by atoms with E-state index in [0.717, 1.165) is 36.8 Å². The van der Waals surface area contributed by atoms with Gasteiger partial charge in [-0.05, 0) is 55.4 Å². The molecule has 2 amide bonds. The topological polar surface area (TPSA) is 131 Å². The van der Waals surface area contributed by atoms with Crippen molar-refractivity contribution in [3.63, 3.8) is 0 Å². The van der Waals surface area contributed by atoms with Crippen LogP contribution in [0.2, 0.25) is 0 Å². The SMILES string of the molecule is N#CC1CCCN1C(=O)[C@@H](N)CN1C[C@@H]2CC1C(=O)N2C1CCc2cc(C(=O)O)ccc21. The van der Waals surface area contributed by atoms with E-state index >= 15 is 0 Å². The number of likely N-dealkylation sites (tertiary alicyclic amines) is 3. The highest BCUT2D eigenvalue weighted by molar-refractivity contribution is 5.89. The van der Waals surface area contributed by atoms with Gasteiger partial charge in [-0.1, -0.05) is 6.07 Å². The van der Waals surface area contributed by atoms with Gasteiger partial charge in [0.25, 0.3) is 0 Å². The van der Waals surface area contributed by atoms with Crippen LogP contribution in [0.25, 0.3) is 0 Å². The summed E-state index contributed by atoms with van der Waals surface area (Å²) in [6, 6.07) is 6.00. The van der Waals surface area contributed by atoms with Crippen LogP contribution in [0.4, 0.5) is 0 Å². The fourth-order valence-corrected chi connectivity index (χ4v) is 6.03. The minimum absolute atomic E-state index is 0.0196. The third-order valence-corrected chi connectivity index (χ3v) is 7.52. The molecule has 3 fully saturated rings. The predicted octanol–water partition coefficient (Wildman–Crippen LogP) is 0.499. The van der Waals surface area contributed by atoms with Crippen molar-refractivity contribution in [1.82, 2.24) is 14.7 Å². The molecule has 0 radical (unpaired) electrons. The molecule has 5 atom stereocenters. The van der Waals surface area contributed by atoms with Gasteiger partial charge in [-0.15, -0.1) is 0 Å². The number of carbonyl (C=O) groups is 3. The van der Waals surface area contributed by atoms with Gasteiger partial charge in [0.15, 0.2) is 0 Å². The van der Waals surface area contributed by atoms with Gasteiger partial charge in [0.2, 0.25) is 11.8 Å². The number of carboxylic acids is 1. The fraction of sp³-hybridized carbons (Fsp3) is 0.565. The highest BCUT2D eigenvalue weighted by Gasteiger charge is 2.53. The maximum Gasteiger partial charge on any atom is 0.335 e. The van der Waals surface area contributed by atoms with Gasteiger partial charge in [-0.2, -0.15) is 5.26 Å². The summed E-state index contributed by atoms with van der Waals surface area (Å²) in [5, 5.41) is 18.5. The van der Waals surface area contributed by atoms with Gasteiger partial charge in [0.05, 0.1) is 29.8 Å². The monoisotopic (exact) mass is 437 g/mol. The van der Waals surface area contributed by atoms with Crippen LogP contribution in [0, 0.1) is 11.3 Å². The maximum absolute atomic E-state index is 13.3. The Balaban J connectivity index is 1.25. The molecule has 0 aromatic heterocycles. The van der Waals surface area contributed by atoms with E-state index in [0.29, 0.717) is 26.1 Å². The molecule has 0 saturated carbocycles. The molecule has 4 aliphatic rings. The number of amides is 2. The zero-order valence-electron chi connectivity index (χ0n) is 17.8. The number of hydrogen-bond acceptors (Lipinski definition) is 6. The number of piperazine rings is 1. The largest absolute Gasteiger partial charge is 0.478 e. The second-order valence-electron chi connectivity index (χ2n) is 9.30. The molecular formula is C23H27N5O4. The highest BCUT2D eigenvalue weighted by Crippen LogP contribution is 2.44. The maximum atomic E-state index is 13.3. The molecule has 9 nitrogen and oxygen atoms in total. The number of fused-ring (bicyclic) bond motifs is 3. The van der Waals surface area contributed by atoms with Gasteiger partial charge >= 0.3 is 5.97 Å². The number of nitriles is 1. The number of carboxylic acid groups (broad SMARTS) is 1. The van der Waals surface area contributed by atoms with Crippen molar-refractivity contribution in [3.05, 3.63) is 34.9 Å². The number of aromatic carboxylic acids is 1. The van der Waals surface area contributed by atoms with Crippen LogP contribution in [0.5, 0.6) is 0 Å². The standard InChI is InChI=1S/C23H27N5O4/c24-10-15-2-1-7-27(15)21(29)18(25)12-26-11-16-9-20(26)22(30)28(16)19-6-4-13-8-14(23(31)32)3-5-17(13)19/h3,5,8,15-16,18-20H,1-2,4,6-7,9,11-12,25H2,(H,31,32)/t15?,16-,18-,19?,20?/m0/s1. The van der Waals surface area contributed by atoms with Crippen molar-refractivity contribution in [2.24, 2.45) is 5.73 Å². The van der Waals surface area contributed by atoms with Crippen molar-refractivity contribution < 1.29 is 19.5 Å². The second-order valence-corrected chi connectivity index (χ2v) is 9.30. The van der Waals surface area contributed by atoms with Gasteiger partial charge in [-0.3, -0.25) is 14.5 Å². The Kier molecular flexibility index (Phi) is 5.14. The second kappa shape index (κ2) is 7.87. The average molecular weight is 438 g/mol. The average Bonchev–Trinajstić information content (AvgIpc) is 3.55. The van der Waals surface area contributed by atoms with Crippen LogP contribution < -0.4 is 5.73 Å². The molecule has 2 bridgehead atoms. The molecule has 3 N–H and O–H groups in total. The van der Waals surface area contributed by atoms with E-state index in [-0.39, 0.29) is 35.5 Å². The van der Waals surface area contributed by atoms with Crippen LogP contribution in [-0.4, -0.2) is 81.4 Å². The number of aryl methyl sites for hydroxylation is 1. The van der Waals surface area contributed by atoms with Crippen LogP contribution in [0.3, 0.4) is 0 Å². The van der Waals surface area contributed by atoms with E-state index < -0.39 is 18.1 Å². The molecule has 1 aromatic rings. The van der Waals surface area contributed by atoms with Crippen molar-refractivity contribution >= 4 is 17.8 Å². The van der Waals surface area contributed by atoms with E-state index in [2.05, 4.69) is 6.07 Å². The molecule has 1 aliphatic carbocycles. The lowest BCUT2D eigenvalue weighted by atomic mass is 10.0. The summed E-state index contributed by atoms with van der Waals surface area (Å²) in [6.07, 6.45) is 3.80. The fourth-order valence-electron chi connectivity index (χ4n) is 6.03. The lowest BCUT2D eigenvalue weighted by molar-refractivity contribution is -0.141. The normalized spacial score (nSPS) is 29.9. The molecule has 3 unspecified atom stereocenters.